The Labute approximate surface area is 94.2 Å². The lowest BCUT2D eigenvalue weighted by atomic mass is 10.2. The molecule has 0 fully saturated rings. The first-order valence-electron chi connectivity index (χ1n) is 5.24. The molecule has 0 aliphatic carbocycles. The number of aryl methyl sites for hydroxylation is 1. The minimum atomic E-state index is 0.661. The Morgan fingerprint density at radius 3 is 3.20 bits per heavy atom. The predicted octanol–water partition coefficient (Wildman–Crippen LogP) is 2.10. The molecule has 1 N–H and O–H groups in total. The molecule has 0 bridgehead atoms. The maximum absolute atomic E-state index is 4.47. The van der Waals surface area contributed by atoms with Crippen molar-refractivity contribution >= 4 is 22.6 Å². The molecule has 0 aromatic carbocycles. The second-order valence-corrected chi connectivity index (χ2v) is 4.99. The monoisotopic (exact) mass is 224 g/mol. The highest BCUT2D eigenvalue weighted by Gasteiger charge is 2.18. The van der Waals surface area contributed by atoms with Gasteiger partial charge in [-0.25, -0.2) is 0 Å². The Kier molecular flexibility index (Phi) is 3.30. The van der Waals surface area contributed by atoms with E-state index in [1.165, 1.54) is 12.8 Å². The molecule has 0 saturated heterocycles. The van der Waals surface area contributed by atoms with Gasteiger partial charge in [0.25, 0.3) is 0 Å². The summed E-state index contributed by atoms with van der Waals surface area (Å²) in [5, 5.41) is 9.07. The van der Waals surface area contributed by atoms with E-state index in [1.54, 1.807) is 4.68 Å². The zero-order valence-electron chi connectivity index (χ0n) is 9.10. The van der Waals surface area contributed by atoms with Crippen LogP contribution < -0.4 is 5.32 Å². The Morgan fingerprint density at radius 2 is 2.53 bits per heavy atom. The van der Waals surface area contributed by atoms with Gasteiger partial charge in [-0.05, 0) is 6.42 Å². The van der Waals surface area contributed by atoms with Crippen LogP contribution in [0.1, 0.15) is 19.8 Å². The Morgan fingerprint density at radius 1 is 1.67 bits per heavy atom. The lowest BCUT2D eigenvalue weighted by molar-refractivity contribution is 0.754. The highest BCUT2D eigenvalue weighted by Crippen LogP contribution is 2.25. The van der Waals surface area contributed by atoms with Gasteiger partial charge < -0.3 is 5.32 Å². The second kappa shape index (κ2) is 4.70. The van der Waals surface area contributed by atoms with E-state index >= 15 is 0 Å². The second-order valence-electron chi connectivity index (χ2n) is 3.70. The largest absolute Gasteiger partial charge is 0.332 e. The number of hydrogen-bond acceptors (Lipinski definition) is 4. The van der Waals surface area contributed by atoms with Crippen LogP contribution in [-0.2, 0) is 7.05 Å². The van der Waals surface area contributed by atoms with E-state index in [0.717, 1.165) is 17.4 Å². The summed E-state index contributed by atoms with van der Waals surface area (Å²) < 4.78 is 1.78. The third-order valence-electron chi connectivity index (χ3n) is 2.28. The fraction of sp³-hybridized carbons (Fsp3) is 0.600. The molecule has 0 amide bonds. The number of hydrogen-bond donors (Lipinski definition) is 1. The molecule has 82 valence electrons. The van der Waals surface area contributed by atoms with E-state index in [1.807, 2.05) is 31.2 Å². The number of anilines is 1. The summed E-state index contributed by atoms with van der Waals surface area (Å²) in [5.74, 6) is 0. The van der Waals surface area contributed by atoms with Crippen LogP contribution in [0.4, 0.5) is 5.69 Å². The van der Waals surface area contributed by atoms with Gasteiger partial charge in [-0.1, -0.05) is 25.1 Å². The van der Waals surface area contributed by atoms with Crippen LogP contribution in [0.5, 0.6) is 0 Å². The average Bonchev–Trinajstić information content (AvgIpc) is 2.78. The zero-order chi connectivity index (χ0) is 10.7. The molecule has 1 aromatic rings. The van der Waals surface area contributed by atoms with Crippen molar-refractivity contribution in [3.05, 3.63) is 12.4 Å². The number of amidine groups is 1. The van der Waals surface area contributed by atoms with Crippen molar-refractivity contribution in [2.24, 2.45) is 12.0 Å². The molecule has 2 rings (SSSR count). The van der Waals surface area contributed by atoms with Gasteiger partial charge in [-0.2, -0.15) is 5.10 Å². The number of aromatic nitrogens is 2. The smallest absolute Gasteiger partial charge is 0.161 e. The zero-order valence-corrected chi connectivity index (χ0v) is 9.92. The topological polar surface area (TPSA) is 42.2 Å². The number of aliphatic imine (C=N–C) groups is 1. The standard InChI is InChI=1S/C10H16N4S/c1-3-4-9-6-11-10(15-9)13-8-5-12-14(2)7-8/h5,7,9H,3-4,6H2,1-2H3,(H,11,13). The fourth-order valence-corrected chi connectivity index (χ4v) is 2.71. The van der Waals surface area contributed by atoms with E-state index in [0.29, 0.717) is 5.25 Å². The molecule has 1 aliphatic heterocycles. The summed E-state index contributed by atoms with van der Waals surface area (Å²) in [5.41, 5.74) is 1.01. The maximum Gasteiger partial charge on any atom is 0.161 e. The highest BCUT2D eigenvalue weighted by molar-refractivity contribution is 8.15. The number of thioether (sulfide) groups is 1. The highest BCUT2D eigenvalue weighted by atomic mass is 32.2. The molecule has 1 aromatic heterocycles. The van der Waals surface area contributed by atoms with Gasteiger partial charge in [0.05, 0.1) is 18.4 Å². The van der Waals surface area contributed by atoms with Gasteiger partial charge in [-0.3, -0.25) is 9.67 Å². The van der Waals surface area contributed by atoms with Gasteiger partial charge in [-0.15, -0.1) is 0 Å². The minimum Gasteiger partial charge on any atom is -0.332 e. The maximum atomic E-state index is 4.47. The van der Waals surface area contributed by atoms with E-state index in [4.69, 9.17) is 0 Å². The molecule has 1 unspecified atom stereocenters. The van der Waals surface area contributed by atoms with E-state index < -0.39 is 0 Å². The summed E-state index contributed by atoms with van der Waals surface area (Å²) in [7, 11) is 1.91. The van der Waals surface area contributed by atoms with Gasteiger partial charge in [0.15, 0.2) is 5.17 Å². The number of rotatable bonds is 3. The van der Waals surface area contributed by atoms with Gasteiger partial charge in [0.1, 0.15) is 0 Å². The third kappa shape index (κ3) is 2.75. The summed E-state index contributed by atoms with van der Waals surface area (Å²) in [4.78, 5) is 4.47. The average molecular weight is 224 g/mol. The molecule has 0 radical (unpaired) electrons. The third-order valence-corrected chi connectivity index (χ3v) is 3.46. The summed E-state index contributed by atoms with van der Waals surface area (Å²) in [6.45, 7) is 3.16. The molecule has 5 heteroatoms. The fourth-order valence-electron chi connectivity index (χ4n) is 1.57. The molecule has 0 spiro atoms. The van der Waals surface area contributed by atoms with Crippen molar-refractivity contribution in [1.82, 2.24) is 9.78 Å². The minimum absolute atomic E-state index is 0.661. The molecule has 1 aliphatic rings. The summed E-state index contributed by atoms with van der Waals surface area (Å²) >= 11 is 1.84. The number of nitrogens with one attached hydrogen (secondary N) is 1. The van der Waals surface area contributed by atoms with E-state index in [2.05, 4.69) is 22.3 Å². The van der Waals surface area contributed by atoms with Crippen molar-refractivity contribution in [2.45, 2.75) is 25.0 Å². The first-order valence-corrected chi connectivity index (χ1v) is 6.12. The van der Waals surface area contributed by atoms with Crippen LogP contribution in [0.2, 0.25) is 0 Å². The number of nitrogens with zero attached hydrogens (tertiary/aromatic N) is 3. The van der Waals surface area contributed by atoms with Crippen LogP contribution in [0.3, 0.4) is 0 Å². The predicted molar refractivity (Wildman–Crippen MR) is 65.4 cm³/mol. The lowest BCUT2D eigenvalue weighted by Gasteiger charge is -2.05. The molecule has 4 nitrogen and oxygen atoms in total. The van der Waals surface area contributed by atoms with Gasteiger partial charge in [0, 0.05) is 18.5 Å². The summed E-state index contributed by atoms with van der Waals surface area (Å²) in [6.07, 6.45) is 6.24. The Balaban J connectivity index is 1.87. The lowest BCUT2D eigenvalue weighted by Crippen LogP contribution is -2.06. The molecular formula is C10H16N4S. The van der Waals surface area contributed by atoms with Crippen molar-refractivity contribution in [3.8, 4) is 0 Å². The van der Waals surface area contributed by atoms with E-state index in [9.17, 15) is 0 Å². The first-order chi connectivity index (χ1) is 7.28. The van der Waals surface area contributed by atoms with Crippen molar-refractivity contribution in [1.29, 1.82) is 0 Å². The molecule has 2 heterocycles. The van der Waals surface area contributed by atoms with Crippen molar-refractivity contribution < 1.29 is 0 Å². The first kappa shape index (κ1) is 10.5. The van der Waals surface area contributed by atoms with Crippen LogP contribution in [-0.4, -0.2) is 26.7 Å². The van der Waals surface area contributed by atoms with Crippen LogP contribution in [0.25, 0.3) is 0 Å². The van der Waals surface area contributed by atoms with Gasteiger partial charge >= 0.3 is 0 Å². The quantitative estimate of drug-likeness (QED) is 0.855. The molecule has 0 saturated carbocycles. The Hall–Kier alpha value is -0.970. The molecule has 1 atom stereocenters. The molecule has 15 heavy (non-hydrogen) atoms. The van der Waals surface area contributed by atoms with Gasteiger partial charge in [0.2, 0.25) is 0 Å². The van der Waals surface area contributed by atoms with Crippen LogP contribution in [0, 0.1) is 0 Å². The SMILES string of the molecule is CCCC1CN=C(Nc2cnn(C)c2)S1. The summed E-state index contributed by atoms with van der Waals surface area (Å²) in [6, 6.07) is 0. The van der Waals surface area contributed by atoms with Crippen LogP contribution >= 0.6 is 11.8 Å². The van der Waals surface area contributed by atoms with Crippen LogP contribution in [0.15, 0.2) is 17.4 Å². The van der Waals surface area contributed by atoms with Crippen molar-refractivity contribution in [3.63, 3.8) is 0 Å². The van der Waals surface area contributed by atoms with Crippen molar-refractivity contribution in [2.75, 3.05) is 11.9 Å². The van der Waals surface area contributed by atoms with E-state index in [-0.39, 0.29) is 0 Å². The molecular weight excluding hydrogens is 208 g/mol. The normalized spacial score (nSPS) is 20.4. The Bertz CT molecular complexity index is 358.